The third kappa shape index (κ3) is 2.23. The number of aliphatic carboxylic acids is 1. The van der Waals surface area contributed by atoms with Gasteiger partial charge in [0.2, 0.25) is 0 Å². The summed E-state index contributed by atoms with van der Waals surface area (Å²) in [4.78, 5) is 13.6. The van der Waals surface area contributed by atoms with E-state index < -0.39 is 5.97 Å². The highest BCUT2D eigenvalue weighted by molar-refractivity contribution is 7.20. The molecule has 0 radical (unpaired) electrons. The number of likely N-dealkylation sites (N-methyl/N-ethyl adjacent to an activating group) is 1. The Morgan fingerprint density at radius 1 is 1.45 bits per heavy atom. The molecule has 0 atom stereocenters. The lowest BCUT2D eigenvalue weighted by Gasteiger charge is -2.13. The Balaban J connectivity index is 2.25. The standard InChI is InChI=1S/C15H14FNO2S/c1-17-7-6-9-11(16)2-3-13-15(9)10(8-17)12(20-13)4-5-14(18)19/h2-5H,6-8H2,1H3,(H,18,19)/p-1/b5-4+. The number of halogens is 1. The summed E-state index contributed by atoms with van der Waals surface area (Å²) in [6.07, 6.45) is 3.26. The van der Waals surface area contributed by atoms with Crippen molar-refractivity contribution in [2.24, 2.45) is 0 Å². The van der Waals surface area contributed by atoms with Gasteiger partial charge in [0.15, 0.2) is 0 Å². The number of thiophene rings is 1. The molecule has 104 valence electrons. The lowest BCUT2D eigenvalue weighted by molar-refractivity contribution is -0.297. The maximum absolute atomic E-state index is 14.0. The van der Waals surface area contributed by atoms with E-state index in [1.54, 1.807) is 12.1 Å². The third-order valence-electron chi connectivity index (χ3n) is 3.58. The van der Waals surface area contributed by atoms with Crippen LogP contribution >= 0.6 is 11.3 Å². The zero-order chi connectivity index (χ0) is 14.3. The molecule has 0 spiro atoms. The molecule has 0 aliphatic carbocycles. The monoisotopic (exact) mass is 290 g/mol. The number of rotatable bonds is 2. The fraction of sp³-hybridized carbons (Fsp3) is 0.267. The van der Waals surface area contributed by atoms with Gasteiger partial charge in [-0.3, -0.25) is 0 Å². The Labute approximate surface area is 119 Å². The number of benzene rings is 1. The van der Waals surface area contributed by atoms with Crippen molar-refractivity contribution in [1.29, 1.82) is 0 Å². The molecule has 3 rings (SSSR count). The molecule has 1 aliphatic rings. The summed E-state index contributed by atoms with van der Waals surface area (Å²) in [6, 6.07) is 3.26. The van der Waals surface area contributed by atoms with Crippen LogP contribution in [-0.2, 0) is 17.8 Å². The molecule has 1 aliphatic heterocycles. The van der Waals surface area contributed by atoms with E-state index in [1.807, 2.05) is 7.05 Å². The normalized spacial score (nSPS) is 15.9. The Morgan fingerprint density at radius 2 is 2.25 bits per heavy atom. The fourth-order valence-electron chi connectivity index (χ4n) is 2.65. The van der Waals surface area contributed by atoms with Crippen LogP contribution in [0.2, 0.25) is 0 Å². The number of carbonyl (C=O) groups excluding carboxylic acids is 1. The summed E-state index contributed by atoms with van der Waals surface area (Å²) in [6.45, 7) is 1.49. The molecule has 3 nitrogen and oxygen atoms in total. The van der Waals surface area contributed by atoms with E-state index in [0.29, 0.717) is 13.0 Å². The van der Waals surface area contributed by atoms with Crippen LogP contribution in [0.4, 0.5) is 4.39 Å². The minimum absolute atomic E-state index is 0.178. The summed E-state index contributed by atoms with van der Waals surface area (Å²) < 4.78 is 15.0. The highest BCUT2D eigenvalue weighted by Crippen LogP contribution is 2.38. The maximum atomic E-state index is 14.0. The highest BCUT2D eigenvalue weighted by Gasteiger charge is 2.21. The second-order valence-electron chi connectivity index (χ2n) is 4.98. The molecule has 2 heterocycles. The number of carboxylic acids is 1. The summed E-state index contributed by atoms with van der Waals surface area (Å²) in [5, 5.41) is 11.5. The highest BCUT2D eigenvalue weighted by atomic mass is 32.1. The first-order valence-electron chi connectivity index (χ1n) is 6.36. The van der Waals surface area contributed by atoms with Crippen molar-refractivity contribution in [3.8, 4) is 0 Å². The van der Waals surface area contributed by atoms with Gasteiger partial charge in [-0.1, -0.05) is 0 Å². The van der Waals surface area contributed by atoms with Crippen molar-refractivity contribution in [2.75, 3.05) is 13.6 Å². The van der Waals surface area contributed by atoms with Crippen LogP contribution < -0.4 is 5.11 Å². The van der Waals surface area contributed by atoms with E-state index in [0.717, 1.165) is 38.7 Å². The zero-order valence-electron chi connectivity index (χ0n) is 11.0. The molecule has 0 fully saturated rings. The molecular formula is C15H13FNO2S-. The molecule has 20 heavy (non-hydrogen) atoms. The molecule has 0 bridgehead atoms. The molecule has 0 amide bonds. The van der Waals surface area contributed by atoms with Gasteiger partial charge in [-0.2, -0.15) is 0 Å². The number of carbonyl (C=O) groups is 1. The Bertz CT molecular complexity index is 720. The van der Waals surface area contributed by atoms with E-state index in [4.69, 9.17) is 0 Å². The second kappa shape index (κ2) is 5.00. The largest absolute Gasteiger partial charge is 0.545 e. The van der Waals surface area contributed by atoms with Gasteiger partial charge in [-0.15, -0.1) is 11.3 Å². The van der Waals surface area contributed by atoms with Crippen molar-refractivity contribution in [1.82, 2.24) is 4.90 Å². The minimum Gasteiger partial charge on any atom is -0.545 e. The van der Waals surface area contributed by atoms with Crippen LogP contribution in [0.15, 0.2) is 18.2 Å². The summed E-state index contributed by atoms with van der Waals surface area (Å²) in [5.41, 5.74) is 1.75. The SMILES string of the molecule is CN1CCc2c(F)ccc3sc(/C=C/C(=O)[O-])c(c23)C1. The Morgan fingerprint density at radius 3 is 3.00 bits per heavy atom. The van der Waals surface area contributed by atoms with E-state index >= 15 is 0 Å². The minimum atomic E-state index is -1.22. The van der Waals surface area contributed by atoms with Crippen LogP contribution in [0.1, 0.15) is 16.0 Å². The van der Waals surface area contributed by atoms with Crippen LogP contribution in [0.25, 0.3) is 16.2 Å². The van der Waals surface area contributed by atoms with Crippen molar-refractivity contribution < 1.29 is 14.3 Å². The van der Waals surface area contributed by atoms with Gasteiger partial charge >= 0.3 is 0 Å². The molecule has 5 heteroatoms. The van der Waals surface area contributed by atoms with Crippen molar-refractivity contribution >= 4 is 33.5 Å². The zero-order valence-corrected chi connectivity index (χ0v) is 11.8. The van der Waals surface area contributed by atoms with Gasteiger partial charge in [-0.25, -0.2) is 4.39 Å². The molecule has 1 aromatic carbocycles. The van der Waals surface area contributed by atoms with Gasteiger partial charge in [-0.05, 0) is 48.9 Å². The lowest BCUT2D eigenvalue weighted by Crippen LogP contribution is -2.19. The van der Waals surface area contributed by atoms with E-state index in [1.165, 1.54) is 17.4 Å². The van der Waals surface area contributed by atoms with Gasteiger partial charge in [0.05, 0.1) is 5.97 Å². The van der Waals surface area contributed by atoms with Gasteiger partial charge in [0.25, 0.3) is 0 Å². The maximum Gasteiger partial charge on any atom is 0.127 e. The summed E-state index contributed by atoms with van der Waals surface area (Å²) in [5.74, 6) is -1.40. The van der Waals surface area contributed by atoms with Crippen LogP contribution in [0.5, 0.6) is 0 Å². The summed E-state index contributed by atoms with van der Waals surface area (Å²) >= 11 is 1.49. The van der Waals surface area contributed by atoms with Crippen LogP contribution in [0, 0.1) is 5.82 Å². The van der Waals surface area contributed by atoms with Gasteiger partial charge in [0.1, 0.15) is 5.82 Å². The van der Waals surface area contributed by atoms with Crippen molar-refractivity contribution in [2.45, 2.75) is 13.0 Å². The first-order valence-corrected chi connectivity index (χ1v) is 7.18. The van der Waals surface area contributed by atoms with E-state index in [2.05, 4.69) is 4.90 Å². The average Bonchev–Trinajstić information content (AvgIpc) is 2.62. The second-order valence-corrected chi connectivity index (χ2v) is 6.07. The van der Waals surface area contributed by atoms with Gasteiger partial charge < -0.3 is 14.8 Å². The fourth-order valence-corrected chi connectivity index (χ4v) is 3.80. The molecule has 0 unspecified atom stereocenters. The number of hydrogen-bond donors (Lipinski definition) is 0. The van der Waals surface area contributed by atoms with Crippen molar-refractivity contribution in [3.63, 3.8) is 0 Å². The molecule has 1 aromatic heterocycles. The van der Waals surface area contributed by atoms with Gasteiger partial charge in [0, 0.05) is 28.1 Å². The molecular weight excluding hydrogens is 277 g/mol. The average molecular weight is 290 g/mol. The Hall–Kier alpha value is -1.72. The smallest absolute Gasteiger partial charge is 0.127 e. The first-order chi connectivity index (χ1) is 9.56. The quantitative estimate of drug-likeness (QED) is 0.792. The van der Waals surface area contributed by atoms with Crippen LogP contribution in [-0.4, -0.2) is 24.5 Å². The predicted molar refractivity (Wildman–Crippen MR) is 75.9 cm³/mol. The number of hydrogen-bond acceptors (Lipinski definition) is 4. The predicted octanol–water partition coefficient (Wildman–Crippen LogP) is 1.79. The summed E-state index contributed by atoms with van der Waals surface area (Å²) in [7, 11) is 1.99. The number of nitrogens with zero attached hydrogens (tertiary/aromatic N) is 1. The molecule has 2 aromatic rings. The van der Waals surface area contributed by atoms with Crippen molar-refractivity contribution in [3.05, 3.63) is 40.0 Å². The molecule has 0 saturated carbocycles. The van der Waals surface area contributed by atoms with E-state index in [-0.39, 0.29) is 5.82 Å². The van der Waals surface area contributed by atoms with E-state index in [9.17, 15) is 14.3 Å². The molecule has 0 N–H and O–H groups in total. The molecule has 0 saturated heterocycles. The third-order valence-corrected chi connectivity index (χ3v) is 4.74. The topological polar surface area (TPSA) is 43.4 Å². The Kier molecular flexibility index (Phi) is 3.31. The van der Waals surface area contributed by atoms with Crippen LogP contribution in [0.3, 0.4) is 0 Å². The lowest BCUT2D eigenvalue weighted by atomic mass is 10.0. The number of carboxylic acid groups (broad SMARTS) is 1. The first kappa shape index (κ1) is 13.3.